The highest BCUT2D eigenvalue weighted by Crippen LogP contribution is 2.39. The first-order valence-electron chi connectivity index (χ1n) is 12.3. The zero-order valence-corrected chi connectivity index (χ0v) is 21.8. The molecular formula is C28H37F2N5O. The summed E-state index contributed by atoms with van der Waals surface area (Å²) in [7, 11) is 0. The summed E-state index contributed by atoms with van der Waals surface area (Å²) in [6.07, 6.45) is 2.35. The summed E-state index contributed by atoms with van der Waals surface area (Å²) in [5.74, 6) is -0.503. The Hall–Kier alpha value is -3.26. The van der Waals surface area contributed by atoms with Crippen molar-refractivity contribution in [2.45, 2.75) is 59.7 Å². The smallest absolute Gasteiger partial charge is 0.318 e. The molecule has 0 bridgehead atoms. The molecule has 0 saturated heterocycles. The number of nitrogens with one attached hydrogen (secondary N) is 1. The Balaban J connectivity index is 2.20. The van der Waals surface area contributed by atoms with Crippen LogP contribution in [0.3, 0.4) is 0 Å². The topological polar surface area (TPSA) is 76.2 Å². The molecule has 0 aliphatic rings. The van der Waals surface area contributed by atoms with Crippen molar-refractivity contribution in [3.05, 3.63) is 77.8 Å². The van der Waals surface area contributed by atoms with E-state index in [0.29, 0.717) is 37.6 Å². The maximum atomic E-state index is 14.8. The van der Waals surface area contributed by atoms with Gasteiger partial charge in [0.1, 0.15) is 17.5 Å². The van der Waals surface area contributed by atoms with Crippen LogP contribution in [-0.2, 0) is 6.54 Å². The molecule has 36 heavy (non-hydrogen) atoms. The number of nitrogens with two attached hydrogens (primary N) is 1. The van der Waals surface area contributed by atoms with Crippen LogP contribution in [0.5, 0.6) is 0 Å². The average Bonchev–Trinajstić information content (AvgIpc) is 3.20. The molecule has 8 heteroatoms. The fourth-order valence-corrected chi connectivity index (χ4v) is 4.31. The molecule has 0 spiro atoms. The number of hydrogen-bond donors (Lipinski definition) is 2. The zero-order valence-electron chi connectivity index (χ0n) is 21.8. The number of nitrogens with zero attached hydrogens (tertiary/aromatic N) is 3. The molecule has 3 rings (SSSR count). The van der Waals surface area contributed by atoms with Crippen LogP contribution >= 0.6 is 0 Å². The van der Waals surface area contributed by atoms with Crippen molar-refractivity contribution in [1.82, 2.24) is 19.8 Å². The molecule has 3 aromatic rings. The second kappa shape index (κ2) is 11.6. The Labute approximate surface area is 212 Å². The number of amides is 2. The van der Waals surface area contributed by atoms with Crippen LogP contribution in [-0.4, -0.2) is 39.6 Å². The zero-order chi connectivity index (χ0) is 26.5. The van der Waals surface area contributed by atoms with E-state index in [9.17, 15) is 13.6 Å². The van der Waals surface area contributed by atoms with Crippen molar-refractivity contribution in [3.63, 3.8) is 0 Å². The number of aromatic nitrogens is 2. The number of rotatable bonds is 9. The normalized spacial score (nSPS) is 12.6. The monoisotopic (exact) mass is 497 g/mol. The maximum Gasteiger partial charge on any atom is 0.318 e. The van der Waals surface area contributed by atoms with E-state index in [1.807, 2.05) is 69.5 Å². The van der Waals surface area contributed by atoms with Gasteiger partial charge in [0.15, 0.2) is 0 Å². The quantitative estimate of drug-likeness (QED) is 0.396. The molecular weight excluding hydrogens is 460 g/mol. The first-order chi connectivity index (χ1) is 17.0. The number of carbonyl (C=O) groups is 1. The van der Waals surface area contributed by atoms with E-state index in [1.165, 1.54) is 0 Å². The summed E-state index contributed by atoms with van der Waals surface area (Å²) in [6.45, 7) is 11.3. The number of halogens is 2. The van der Waals surface area contributed by atoms with Crippen LogP contribution in [0.25, 0.3) is 11.3 Å². The van der Waals surface area contributed by atoms with Gasteiger partial charge in [-0.2, -0.15) is 0 Å². The van der Waals surface area contributed by atoms with E-state index in [1.54, 1.807) is 11.1 Å². The summed E-state index contributed by atoms with van der Waals surface area (Å²) in [5, 5.41) is 3.00. The number of hydrogen-bond acceptors (Lipinski definition) is 3. The highest BCUT2D eigenvalue weighted by molar-refractivity contribution is 5.75. The molecule has 6 nitrogen and oxygen atoms in total. The predicted molar refractivity (Wildman–Crippen MR) is 139 cm³/mol. The van der Waals surface area contributed by atoms with Crippen molar-refractivity contribution < 1.29 is 13.6 Å². The molecule has 2 aromatic carbocycles. The summed E-state index contributed by atoms with van der Waals surface area (Å²) < 4.78 is 30.7. The van der Waals surface area contributed by atoms with Crippen LogP contribution < -0.4 is 11.1 Å². The Kier molecular flexibility index (Phi) is 8.84. The predicted octanol–water partition coefficient (Wildman–Crippen LogP) is 5.73. The number of urea groups is 1. The molecule has 0 unspecified atom stereocenters. The van der Waals surface area contributed by atoms with Gasteiger partial charge in [-0.25, -0.2) is 18.6 Å². The van der Waals surface area contributed by atoms with Gasteiger partial charge in [-0.1, -0.05) is 51.1 Å². The lowest BCUT2D eigenvalue weighted by Gasteiger charge is -2.40. The third kappa shape index (κ3) is 6.69. The lowest BCUT2D eigenvalue weighted by Crippen LogP contribution is -2.49. The van der Waals surface area contributed by atoms with Crippen molar-refractivity contribution in [3.8, 4) is 11.3 Å². The molecule has 3 N–H and O–H groups in total. The molecule has 0 radical (unpaired) electrons. The Morgan fingerprint density at radius 2 is 1.83 bits per heavy atom. The van der Waals surface area contributed by atoms with E-state index in [0.717, 1.165) is 23.8 Å². The van der Waals surface area contributed by atoms with Crippen LogP contribution in [0.1, 0.15) is 58.5 Å². The van der Waals surface area contributed by atoms with Crippen molar-refractivity contribution in [2.75, 3.05) is 13.1 Å². The van der Waals surface area contributed by atoms with E-state index < -0.39 is 23.1 Å². The van der Waals surface area contributed by atoms with Gasteiger partial charge in [0.2, 0.25) is 0 Å². The van der Waals surface area contributed by atoms with Gasteiger partial charge in [0, 0.05) is 30.9 Å². The van der Waals surface area contributed by atoms with Gasteiger partial charge < -0.3 is 20.5 Å². The fourth-order valence-electron chi connectivity index (χ4n) is 4.31. The number of carbonyl (C=O) groups excluding carboxylic acids is 1. The molecule has 2 amide bonds. The average molecular weight is 498 g/mol. The molecule has 194 valence electrons. The minimum absolute atomic E-state index is 0.0560. The lowest BCUT2D eigenvalue weighted by molar-refractivity contribution is 0.107. The molecule has 0 saturated carbocycles. The highest BCUT2D eigenvalue weighted by Gasteiger charge is 2.38. The van der Waals surface area contributed by atoms with Gasteiger partial charge in [-0.15, -0.1) is 0 Å². The number of benzene rings is 2. The summed E-state index contributed by atoms with van der Waals surface area (Å²) in [5.41, 5.74) is 6.80. The van der Waals surface area contributed by atoms with Crippen LogP contribution in [0.4, 0.5) is 13.6 Å². The molecule has 0 fully saturated rings. The van der Waals surface area contributed by atoms with Crippen molar-refractivity contribution in [1.29, 1.82) is 0 Å². The Morgan fingerprint density at radius 3 is 2.44 bits per heavy atom. The third-order valence-electron chi connectivity index (χ3n) is 5.86. The van der Waals surface area contributed by atoms with Crippen LogP contribution in [0, 0.1) is 17.0 Å². The standard InChI is InChI=1S/C28H37F2N5O/c1-19(2)32-27(36)35(15-9-14-31)25(28(3,4)5)26-33-24(22-16-21(29)12-13-23(22)30)18-34(26)17-20-10-7-6-8-11-20/h6-8,10-13,16,18-19,25H,9,14-15,17,31H2,1-5H3,(H,32,36)/t25-/m0/s1. The van der Waals surface area contributed by atoms with Gasteiger partial charge in [-0.3, -0.25) is 0 Å². The summed E-state index contributed by atoms with van der Waals surface area (Å²) >= 11 is 0. The molecule has 1 heterocycles. The van der Waals surface area contributed by atoms with Gasteiger partial charge in [0.25, 0.3) is 0 Å². The molecule has 1 aromatic heterocycles. The van der Waals surface area contributed by atoms with Gasteiger partial charge in [-0.05, 0) is 56.0 Å². The lowest BCUT2D eigenvalue weighted by atomic mass is 9.84. The Bertz CT molecular complexity index is 1150. The molecule has 0 aliphatic heterocycles. The summed E-state index contributed by atoms with van der Waals surface area (Å²) in [6, 6.07) is 12.4. The highest BCUT2D eigenvalue weighted by atomic mass is 19.1. The molecule has 1 atom stereocenters. The SMILES string of the molecule is CC(C)NC(=O)N(CCCN)[C@@H](c1nc(-c2cc(F)ccc2F)cn1Cc1ccccc1)C(C)(C)C. The van der Waals surface area contributed by atoms with Crippen molar-refractivity contribution >= 4 is 6.03 Å². The maximum absolute atomic E-state index is 14.8. The third-order valence-corrected chi connectivity index (χ3v) is 5.86. The second-order valence-corrected chi connectivity index (χ2v) is 10.4. The van der Waals surface area contributed by atoms with E-state index in [2.05, 4.69) is 5.32 Å². The van der Waals surface area contributed by atoms with E-state index in [-0.39, 0.29) is 17.6 Å². The summed E-state index contributed by atoms with van der Waals surface area (Å²) in [4.78, 5) is 20.0. The fraction of sp³-hybridized carbons (Fsp3) is 0.429. The molecule has 0 aliphatic carbocycles. The Morgan fingerprint density at radius 1 is 1.14 bits per heavy atom. The minimum atomic E-state index is -0.558. The van der Waals surface area contributed by atoms with Gasteiger partial charge >= 0.3 is 6.03 Å². The largest absolute Gasteiger partial charge is 0.336 e. The van der Waals surface area contributed by atoms with Crippen molar-refractivity contribution in [2.24, 2.45) is 11.1 Å². The van der Waals surface area contributed by atoms with E-state index >= 15 is 0 Å². The van der Waals surface area contributed by atoms with Crippen LogP contribution in [0.2, 0.25) is 0 Å². The first-order valence-corrected chi connectivity index (χ1v) is 12.3. The minimum Gasteiger partial charge on any atom is -0.336 e. The van der Waals surface area contributed by atoms with E-state index in [4.69, 9.17) is 10.7 Å². The number of imidazole rings is 1. The van der Waals surface area contributed by atoms with Crippen LogP contribution in [0.15, 0.2) is 54.7 Å². The second-order valence-electron chi connectivity index (χ2n) is 10.4. The van der Waals surface area contributed by atoms with Gasteiger partial charge in [0.05, 0.1) is 11.7 Å². The first kappa shape index (κ1) is 27.3.